The smallest absolute Gasteiger partial charge is 0.220 e. The number of benzene rings is 1. The Hall–Kier alpha value is -1.51. The molecule has 1 aromatic carbocycles. The zero-order valence-corrected chi connectivity index (χ0v) is 18.2. The van der Waals surface area contributed by atoms with E-state index in [9.17, 15) is 4.79 Å². The third-order valence-corrected chi connectivity index (χ3v) is 5.96. The number of carbonyl (C=O) groups is 1. The van der Waals surface area contributed by atoms with Crippen molar-refractivity contribution in [2.24, 2.45) is 10.4 Å². The fourth-order valence-electron chi connectivity index (χ4n) is 4.60. The van der Waals surface area contributed by atoms with E-state index in [-0.39, 0.29) is 35.3 Å². The van der Waals surface area contributed by atoms with E-state index >= 15 is 0 Å². The first-order valence-corrected chi connectivity index (χ1v) is 9.63. The number of hydrogen-bond donors (Lipinski definition) is 2. The molecule has 6 nitrogen and oxygen atoms in total. The molecule has 7 heteroatoms. The Kier molecular flexibility index (Phi) is 6.49. The van der Waals surface area contributed by atoms with Crippen LogP contribution in [-0.4, -0.2) is 56.6 Å². The lowest BCUT2D eigenvalue weighted by atomic mass is 9.79. The largest absolute Gasteiger partial charge is 0.493 e. The van der Waals surface area contributed by atoms with E-state index in [0.29, 0.717) is 12.3 Å². The van der Waals surface area contributed by atoms with Gasteiger partial charge >= 0.3 is 0 Å². The van der Waals surface area contributed by atoms with Gasteiger partial charge in [-0.05, 0) is 30.9 Å². The summed E-state index contributed by atoms with van der Waals surface area (Å²) in [5.74, 6) is 2.58. The van der Waals surface area contributed by atoms with E-state index < -0.39 is 0 Å². The third-order valence-electron chi connectivity index (χ3n) is 5.96. The van der Waals surface area contributed by atoms with Crippen LogP contribution in [0.25, 0.3) is 0 Å². The maximum absolute atomic E-state index is 11.7. The summed E-state index contributed by atoms with van der Waals surface area (Å²) in [7, 11) is 1.85. The number of fused-ring (bicyclic) bond motifs is 1. The molecule has 0 aromatic heterocycles. The van der Waals surface area contributed by atoms with Crippen LogP contribution in [0.1, 0.15) is 37.2 Å². The number of piperidine rings is 1. The van der Waals surface area contributed by atoms with Gasteiger partial charge in [-0.25, -0.2) is 0 Å². The number of amides is 1. The first-order chi connectivity index (χ1) is 12.7. The van der Waals surface area contributed by atoms with Crippen molar-refractivity contribution in [3.05, 3.63) is 29.8 Å². The van der Waals surface area contributed by atoms with Crippen LogP contribution in [0.4, 0.5) is 0 Å². The highest BCUT2D eigenvalue weighted by molar-refractivity contribution is 14.0. The number of likely N-dealkylation sites (tertiary alicyclic amines) is 1. The van der Waals surface area contributed by atoms with Gasteiger partial charge in [-0.3, -0.25) is 9.79 Å². The van der Waals surface area contributed by atoms with E-state index in [0.717, 1.165) is 63.8 Å². The Labute approximate surface area is 178 Å². The van der Waals surface area contributed by atoms with Crippen molar-refractivity contribution in [2.75, 3.05) is 39.8 Å². The number of rotatable bonds is 2. The number of hydrogen-bond acceptors (Lipinski definition) is 3. The Morgan fingerprint density at radius 1 is 1.44 bits per heavy atom. The summed E-state index contributed by atoms with van der Waals surface area (Å²) in [4.78, 5) is 18.6. The minimum absolute atomic E-state index is 0. The molecular weight excluding hydrogens is 455 g/mol. The first-order valence-electron chi connectivity index (χ1n) is 9.63. The Bertz CT molecular complexity index is 711. The quantitative estimate of drug-likeness (QED) is 0.385. The Morgan fingerprint density at radius 3 is 3.07 bits per heavy atom. The molecular formula is C20H29IN4O2. The van der Waals surface area contributed by atoms with Crippen LogP contribution in [-0.2, 0) is 4.79 Å². The molecule has 3 heterocycles. The van der Waals surface area contributed by atoms with Gasteiger partial charge in [0.1, 0.15) is 5.75 Å². The van der Waals surface area contributed by atoms with Gasteiger partial charge in [-0.1, -0.05) is 18.2 Å². The Balaban J connectivity index is 0.00000210. The maximum atomic E-state index is 11.7. The maximum Gasteiger partial charge on any atom is 0.220 e. The molecule has 3 aliphatic heterocycles. The molecule has 0 bridgehead atoms. The van der Waals surface area contributed by atoms with Crippen molar-refractivity contribution in [3.8, 4) is 5.75 Å². The number of carbonyl (C=O) groups excluding carboxylic acids is 1. The van der Waals surface area contributed by atoms with Crippen molar-refractivity contribution in [1.82, 2.24) is 15.5 Å². The molecule has 2 fully saturated rings. The van der Waals surface area contributed by atoms with Crippen LogP contribution in [0.5, 0.6) is 5.75 Å². The van der Waals surface area contributed by atoms with E-state index in [1.54, 1.807) is 0 Å². The molecule has 2 N–H and O–H groups in total. The lowest BCUT2D eigenvalue weighted by Crippen LogP contribution is -2.51. The number of ether oxygens (including phenoxy) is 1. The van der Waals surface area contributed by atoms with E-state index in [2.05, 4.69) is 38.7 Å². The van der Waals surface area contributed by atoms with Crippen LogP contribution in [0.2, 0.25) is 0 Å². The minimum Gasteiger partial charge on any atom is -0.493 e. The minimum atomic E-state index is 0. The van der Waals surface area contributed by atoms with Crippen molar-refractivity contribution in [3.63, 3.8) is 0 Å². The van der Waals surface area contributed by atoms with E-state index in [1.807, 2.05) is 13.1 Å². The molecule has 0 aliphatic carbocycles. The van der Waals surface area contributed by atoms with Gasteiger partial charge in [0.15, 0.2) is 5.96 Å². The molecule has 2 atom stereocenters. The summed E-state index contributed by atoms with van der Waals surface area (Å²) < 4.78 is 5.77. The number of guanidine groups is 1. The lowest BCUT2D eigenvalue weighted by Gasteiger charge is -2.41. The summed E-state index contributed by atoms with van der Waals surface area (Å²) in [5.41, 5.74) is 1.36. The SMILES string of the molecule is CN=C(NCC1CCOc2ccccc21)N1CCCC2(CNC(=O)C2)C1.I. The van der Waals surface area contributed by atoms with Crippen LogP contribution in [0, 0.1) is 5.41 Å². The highest BCUT2D eigenvalue weighted by Crippen LogP contribution is 2.36. The molecule has 4 rings (SSSR count). The molecule has 2 unspecified atom stereocenters. The van der Waals surface area contributed by atoms with Crippen molar-refractivity contribution in [2.45, 2.75) is 31.6 Å². The van der Waals surface area contributed by atoms with Gasteiger partial charge in [0.25, 0.3) is 0 Å². The summed E-state index contributed by atoms with van der Waals surface area (Å²) in [6.07, 6.45) is 3.89. The normalized spacial score (nSPS) is 27.4. The monoisotopic (exact) mass is 484 g/mol. The van der Waals surface area contributed by atoms with Crippen LogP contribution >= 0.6 is 24.0 Å². The fraction of sp³-hybridized carbons (Fsp3) is 0.600. The summed E-state index contributed by atoms with van der Waals surface area (Å²) in [6, 6.07) is 8.32. The standard InChI is InChI=1S/C20H28N4O2.HI/c1-21-19(24-9-4-8-20(14-24)11-18(25)23-13-20)22-12-15-7-10-26-17-6-3-2-5-16(15)17;/h2-3,5-6,15H,4,7-14H2,1H3,(H,21,22)(H,23,25);1H. The summed E-state index contributed by atoms with van der Waals surface area (Å²) >= 11 is 0. The van der Waals surface area contributed by atoms with Crippen molar-refractivity contribution < 1.29 is 9.53 Å². The van der Waals surface area contributed by atoms with Gasteiger partial charge in [0, 0.05) is 51.0 Å². The number of aliphatic imine (C=N–C) groups is 1. The van der Waals surface area contributed by atoms with E-state index in [4.69, 9.17) is 4.74 Å². The lowest BCUT2D eigenvalue weighted by molar-refractivity contribution is -0.119. The van der Waals surface area contributed by atoms with Crippen molar-refractivity contribution in [1.29, 1.82) is 0 Å². The van der Waals surface area contributed by atoms with Crippen LogP contribution in [0.15, 0.2) is 29.3 Å². The number of halogens is 1. The second-order valence-electron chi connectivity index (χ2n) is 7.78. The van der Waals surface area contributed by atoms with Gasteiger partial charge in [-0.2, -0.15) is 0 Å². The summed E-state index contributed by atoms with van der Waals surface area (Å²) in [6.45, 7) is 4.32. The van der Waals surface area contributed by atoms with E-state index in [1.165, 1.54) is 5.56 Å². The average molecular weight is 484 g/mol. The molecule has 0 saturated carbocycles. The average Bonchev–Trinajstić information content (AvgIpc) is 3.02. The zero-order valence-electron chi connectivity index (χ0n) is 15.9. The second kappa shape index (κ2) is 8.67. The first kappa shape index (κ1) is 20.2. The molecule has 2 saturated heterocycles. The molecule has 3 aliphatic rings. The molecule has 27 heavy (non-hydrogen) atoms. The highest BCUT2D eigenvalue weighted by atomic mass is 127. The molecule has 148 valence electrons. The predicted octanol–water partition coefficient (Wildman–Crippen LogP) is 2.35. The predicted molar refractivity (Wildman–Crippen MR) is 117 cm³/mol. The Morgan fingerprint density at radius 2 is 2.30 bits per heavy atom. The van der Waals surface area contributed by atoms with Crippen LogP contribution < -0.4 is 15.4 Å². The number of para-hydroxylation sites is 1. The number of nitrogens with one attached hydrogen (secondary N) is 2. The van der Waals surface area contributed by atoms with Gasteiger partial charge < -0.3 is 20.3 Å². The molecule has 0 radical (unpaired) electrons. The van der Waals surface area contributed by atoms with Crippen LogP contribution in [0.3, 0.4) is 0 Å². The zero-order chi connectivity index (χ0) is 18.0. The third kappa shape index (κ3) is 4.33. The van der Waals surface area contributed by atoms with Gasteiger partial charge in [0.2, 0.25) is 5.91 Å². The second-order valence-corrected chi connectivity index (χ2v) is 7.78. The van der Waals surface area contributed by atoms with Gasteiger partial charge in [0.05, 0.1) is 6.61 Å². The van der Waals surface area contributed by atoms with Crippen molar-refractivity contribution >= 4 is 35.8 Å². The van der Waals surface area contributed by atoms with Gasteiger partial charge in [-0.15, -0.1) is 24.0 Å². The highest BCUT2D eigenvalue weighted by Gasteiger charge is 2.42. The summed E-state index contributed by atoms with van der Waals surface area (Å²) in [5, 5.41) is 6.59. The topological polar surface area (TPSA) is 66.0 Å². The molecule has 1 spiro atoms. The number of nitrogens with zero attached hydrogens (tertiary/aromatic N) is 2. The molecule has 1 amide bonds. The fourth-order valence-corrected chi connectivity index (χ4v) is 4.60. The molecule has 1 aromatic rings.